The molecule has 0 bridgehead atoms. The zero-order valence-electron chi connectivity index (χ0n) is 13.1. The second-order valence-corrected chi connectivity index (χ2v) is 5.36. The quantitative estimate of drug-likeness (QED) is 0.593. The monoisotopic (exact) mass is 318 g/mol. The number of piperazine rings is 1. The van der Waals surface area contributed by atoms with Crippen LogP contribution < -0.4 is 10.6 Å². The first-order valence-corrected chi connectivity index (χ1v) is 7.72. The minimum Gasteiger partial charge on any atom is -0.368 e. The maximum Gasteiger partial charge on any atom is 0.318 e. The van der Waals surface area contributed by atoms with Crippen molar-refractivity contribution >= 4 is 23.9 Å². The molecule has 0 spiro atoms. The van der Waals surface area contributed by atoms with Gasteiger partial charge in [-0.05, 0) is 25.1 Å². The first-order chi connectivity index (χ1) is 11.2. The average molecular weight is 318 g/mol. The third kappa shape index (κ3) is 4.29. The number of hydrogen-bond donors (Lipinski definition) is 1. The summed E-state index contributed by atoms with van der Waals surface area (Å²) in [4.78, 5) is 39.8. The Bertz CT molecular complexity index is 542. The summed E-state index contributed by atoms with van der Waals surface area (Å²) in [5.74, 6) is -1.40. The molecule has 1 aromatic carbocycles. The van der Waals surface area contributed by atoms with Gasteiger partial charge in [-0.25, -0.2) is 0 Å². The van der Waals surface area contributed by atoms with Crippen LogP contribution in [0.1, 0.15) is 6.42 Å². The zero-order chi connectivity index (χ0) is 16.7. The smallest absolute Gasteiger partial charge is 0.318 e. The van der Waals surface area contributed by atoms with Gasteiger partial charge < -0.3 is 15.5 Å². The van der Waals surface area contributed by atoms with Gasteiger partial charge >= 0.3 is 11.8 Å². The minimum atomic E-state index is -0.776. The van der Waals surface area contributed by atoms with E-state index < -0.39 is 11.8 Å². The van der Waals surface area contributed by atoms with E-state index in [9.17, 15) is 14.4 Å². The predicted molar refractivity (Wildman–Crippen MR) is 86.7 cm³/mol. The van der Waals surface area contributed by atoms with Crippen LogP contribution in [0.15, 0.2) is 30.3 Å². The normalized spacial score (nSPS) is 14.5. The molecule has 124 valence electrons. The van der Waals surface area contributed by atoms with Gasteiger partial charge in [0, 0.05) is 38.4 Å². The second kappa shape index (κ2) is 8.28. The van der Waals surface area contributed by atoms with Gasteiger partial charge in [0.05, 0.1) is 0 Å². The summed E-state index contributed by atoms with van der Waals surface area (Å²) >= 11 is 0. The largest absolute Gasteiger partial charge is 0.368 e. The molecule has 0 aliphatic carbocycles. The number of nitrogens with two attached hydrogens (primary N) is 1. The molecule has 1 fully saturated rings. The molecular formula is C16H22N4O3. The number of carbonyl (C=O) groups is 3. The van der Waals surface area contributed by atoms with Crippen molar-refractivity contribution in [1.82, 2.24) is 9.80 Å². The Morgan fingerprint density at radius 3 is 2.35 bits per heavy atom. The molecule has 7 heteroatoms. The lowest BCUT2D eigenvalue weighted by Gasteiger charge is -2.36. The Labute approximate surface area is 135 Å². The maximum absolute atomic E-state index is 12.2. The number of rotatable bonds is 5. The number of imide groups is 1. The van der Waals surface area contributed by atoms with Crippen LogP contribution in [0.4, 0.5) is 5.69 Å². The molecule has 1 aromatic rings. The number of carbonyl (C=O) groups excluding carboxylic acids is 3. The highest BCUT2D eigenvalue weighted by atomic mass is 16.2. The van der Waals surface area contributed by atoms with Crippen molar-refractivity contribution in [3.8, 4) is 0 Å². The van der Waals surface area contributed by atoms with E-state index in [0.29, 0.717) is 45.6 Å². The number of para-hydroxylation sites is 1. The highest BCUT2D eigenvalue weighted by molar-refractivity contribution is 6.36. The minimum absolute atomic E-state index is 0.175. The summed E-state index contributed by atoms with van der Waals surface area (Å²) in [6, 6.07) is 9.93. The summed E-state index contributed by atoms with van der Waals surface area (Å²) in [5, 5.41) is 0. The summed E-state index contributed by atoms with van der Waals surface area (Å²) in [6.45, 7) is 2.78. The van der Waals surface area contributed by atoms with Crippen molar-refractivity contribution in [2.45, 2.75) is 6.42 Å². The number of amides is 3. The number of anilines is 1. The van der Waals surface area contributed by atoms with E-state index in [2.05, 4.69) is 4.90 Å². The van der Waals surface area contributed by atoms with Gasteiger partial charge in [-0.1, -0.05) is 18.2 Å². The summed E-state index contributed by atoms with van der Waals surface area (Å²) in [6.07, 6.45) is 0.885. The Morgan fingerprint density at radius 2 is 1.78 bits per heavy atom. The van der Waals surface area contributed by atoms with Gasteiger partial charge in [-0.15, -0.1) is 0 Å². The van der Waals surface area contributed by atoms with Crippen LogP contribution in [-0.2, 0) is 14.4 Å². The fourth-order valence-electron chi connectivity index (χ4n) is 2.53. The first-order valence-electron chi connectivity index (χ1n) is 7.72. The summed E-state index contributed by atoms with van der Waals surface area (Å²) < 4.78 is 0. The lowest BCUT2D eigenvalue weighted by molar-refractivity contribution is -0.154. The number of nitrogens with zero attached hydrogens (tertiary/aromatic N) is 3. The van der Waals surface area contributed by atoms with Gasteiger partial charge in [0.25, 0.3) is 0 Å². The topological polar surface area (TPSA) is 86.9 Å². The van der Waals surface area contributed by atoms with Crippen molar-refractivity contribution in [3.05, 3.63) is 30.3 Å². The molecule has 2 N–H and O–H groups in total. The second-order valence-electron chi connectivity index (χ2n) is 5.36. The molecule has 1 aliphatic rings. The lowest BCUT2D eigenvalue weighted by atomic mass is 10.2. The fraction of sp³-hybridized carbons (Fsp3) is 0.438. The highest BCUT2D eigenvalue weighted by Crippen LogP contribution is 2.15. The van der Waals surface area contributed by atoms with E-state index in [1.807, 2.05) is 30.3 Å². The van der Waals surface area contributed by atoms with Gasteiger partial charge in [0.1, 0.15) is 0 Å². The molecule has 1 aliphatic heterocycles. The van der Waals surface area contributed by atoms with E-state index >= 15 is 0 Å². The van der Waals surface area contributed by atoms with Gasteiger partial charge in [0.2, 0.25) is 6.41 Å². The predicted octanol–water partition coefficient (Wildman–Crippen LogP) is -0.331. The molecule has 0 radical (unpaired) electrons. The fourth-order valence-corrected chi connectivity index (χ4v) is 2.53. The van der Waals surface area contributed by atoms with E-state index in [1.54, 1.807) is 0 Å². The van der Waals surface area contributed by atoms with Crippen LogP contribution >= 0.6 is 0 Å². The van der Waals surface area contributed by atoms with Gasteiger partial charge in [-0.2, -0.15) is 0 Å². The van der Waals surface area contributed by atoms with Crippen LogP contribution in [0.3, 0.4) is 0 Å². The van der Waals surface area contributed by atoms with Crippen molar-refractivity contribution in [3.63, 3.8) is 0 Å². The third-order valence-electron chi connectivity index (χ3n) is 3.86. The number of benzene rings is 1. The Hall–Kier alpha value is -2.41. The SMILES string of the molecule is NCCCN(C=O)C(=O)C(=O)N1CCN(c2ccccc2)CC1. The summed E-state index contributed by atoms with van der Waals surface area (Å²) in [7, 11) is 0. The van der Waals surface area contributed by atoms with E-state index in [1.165, 1.54) is 4.90 Å². The van der Waals surface area contributed by atoms with Gasteiger partial charge in [-0.3, -0.25) is 19.3 Å². The van der Waals surface area contributed by atoms with Crippen LogP contribution in [0.25, 0.3) is 0 Å². The molecule has 3 amide bonds. The van der Waals surface area contributed by atoms with Crippen molar-refractivity contribution in [1.29, 1.82) is 0 Å². The molecule has 23 heavy (non-hydrogen) atoms. The molecular weight excluding hydrogens is 296 g/mol. The standard InChI is InChI=1S/C16H22N4O3/c17-7-4-8-20(13-21)16(23)15(22)19-11-9-18(10-12-19)14-5-2-1-3-6-14/h1-3,5-6,13H,4,7-12,17H2. The van der Waals surface area contributed by atoms with E-state index in [-0.39, 0.29) is 6.54 Å². The molecule has 0 atom stereocenters. The zero-order valence-corrected chi connectivity index (χ0v) is 13.1. The molecule has 1 heterocycles. The third-order valence-corrected chi connectivity index (χ3v) is 3.86. The first kappa shape index (κ1) is 17.0. The lowest BCUT2D eigenvalue weighted by Crippen LogP contribution is -2.53. The Morgan fingerprint density at radius 1 is 1.13 bits per heavy atom. The Balaban J connectivity index is 1.90. The van der Waals surface area contributed by atoms with E-state index in [0.717, 1.165) is 10.6 Å². The summed E-state index contributed by atoms with van der Waals surface area (Å²) in [5.41, 5.74) is 6.47. The molecule has 7 nitrogen and oxygen atoms in total. The van der Waals surface area contributed by atoms with Crippen LogP contribution in [-0.4, -0.2) is 67.3 Å². The van der Waals surface area contributed by atoms with Crippen LogP contribution in [0.5, 0.6) is 0 Å². The van der Waals surface area contributed by atoms with Gasteiger partial charge in [0.15, 0.2) is 0 Å². The number of hydrogen-bond acceptors (Lipinski definition) is 5. The highest BCUT2D eigenvalue weighted by Gasteiger charge is 2.29. The molecule has 0 saturated carbocycles. The molecule has 1 saturated heterocycles. The molecule has 0 aromatic heterocycles. The maximum atomic E-state index is 12.2. The van der Waals surface area contributed by atoms with Crippen molar-refractivity contribution in [2.75, 3.05) is 44.2 Å². The van der Waals surface area contributed by atoms with Crippen LogP contribution in [0.2, 0.25) is 0 Å². The average Bonchev–Trinajstić information content (AvgIpc) is 2.62. The molecule has 0 unspecified atom stereocenters. The Kier molecular flexibility index (Phi) is 6.10. The van der Waals surface area contributed by atoms with Crippen molar-refractivity contribution < 1.29 is 14.4 Å². The van der Waals surface area contributed by atoms with Crippen molar-refractivity contribution in [2.24, 2.45) is 5.73 Å². The van der Waals surface area contributed by atoms with E-state index in [4.69, 9.17) is 5.73 Å². The van der Waals surface area contributed by atoms with Crippen LogP contribution in [0, 0.1) is 0 Å². The molecule has 2 rings (SSSR count).